The van der Waals surface area contributed by atoms with E-state index in [9.17, 15) is 14.9 Å². The second-order valence-electron chi connectivity index (χ2n) is 6.65. The highest BCUT2D eigenvalue weighted by molar-refractivity contribution is 7.21. The number of hydrogen-bond donors (Lipinski definition) is 0. The van der Waals surface area contributed by atoms with Crippen molar-refractivity contribution in [1.29, 1.82) is 0 Å². The molecule has 3 heterocycles. The molecule has 4 aromatic rings. The third kappa shape index (κ3) is 3.43. The Bertz CT molecular complexity index is 1490. The number of nitro groups is 1. The van der Waals surface area contributed by atoms with Gasteiger partial charge in [0.2, 0.25) is 0 Å². The summed E-state index contributed by atoms with van der Waals surface area (Å²) in [6.45, 7) is 1.19. The number of nitro benzene ring substituents is 1. The fraction of sp³-hybridized carbons (Fsp3) is 0.143. The number of amides is 1. The summed E-state index contributed by atoms with van der Waals surface area (Å²) < 4.78 is 14.7. The first-order chi connectivity index (χ1) is 15.0. The van der Waals surface area contributed by atoms with E-state index in [1.54, 1.807) is 16.7 Å². The van der Waals surface area contributed by atoms with E-state index in [1.807, 2.05) is 12.1 Å². The first-order valence-electron chi connectivity index (χ1n) is 9.17. The number of carbonyl (C=O) groups is 1. The van der Waals surface area contributed by atoms with Gasteiger partial charge >= 0.3 is 0 Å². The van der Waals surface area contributed by atoms with Crippen molar-refractivity contribution in [1.82, 2.24) is 4.57 Å². The lowest BCUT2D eigenvalue weighted by atomic mass is 10.2. The van der Waals surface area contributed by atoms with Gasteiger partial charge in [-0.1, -0.05) is 17.3 Å². The summed E-state index contributed by atoms with van der Waals surface area (Å²) in [7, 11) is 0. The van der Waals surface area contributed by atoms with Crippen LogP contribution in [0.5, 0.6) is 11.5 Å². The maximum absolute atomic E-state index is 12.9. The smallest absolute Gasteiger partial charge is 0.289 e. The Labute approximate surface area is 183 Å². The zero-order valence-corrected chi connectivity index (χ0v) is 17.5. The minimum atomic E-state index is -0.462. The van der Waals surface area contributed by atoms with Gasteiger partial charge in [0.25, 0.3) is 11.6 Å². The molecule has 0 N–H and O–H groups in total. The molecule has 5 rings (SSSR count). The van der Waals surface area contributed by atoms with Crippen LogP contribution in [0.25, 0.3) is 20.3 Å². The van der Waals surface area contributed by atoms with Crippen LogP contribution in [-0.4, -0.2) is 28.6 Å². The Kier molecular flexibility index (Phi) is 4.69. The van der Waals surface area contributed by atoms with Crippen LogP contribution < -0.4 is 14.3 Å². The number of ether oxygens (including phenoxy) is 2. The van der Waals surface area contributed by atoms with Crippen LogP contribution in [0.1, 0.15) is 9.67 Å². The maximum Gasteiger partial charge on any atom is 0.289 e. The number of non-ortho nitro benzene ring substituents is 1. The van der Waals surface area contributed by atoms with Crippen LogP contribution in [0.3, 0.4) is 0 Å². The molecule has 2 aromatic heterocycles. The van der Waals surface area contributed by atoms with Crippen LogP contribution >= 0.6 is 22.7 Å². The van der Waals surface area contributed by atoms with Gasteiger partial charge in [0.1, 0.15) is 13.2 Å². The Balaban J connectivity index is 1.60. The molecule has 0 aliphatic carbocycles. The van der Waals surface area contributed by atoms with Crippen molar-refractivity contribution in [2.75, 3.05) is 13.2 Å². The van der Waals surface area contributed by atoms with E-state index in [1.165, 1.54) is 34.8 Å². The molecule has 0 spiro atoms. The number of aromatic nitrogens is 1. The lowest BCUT2D eigenvalue weighted by Gasteiger charge is -2.18. The predicted molar refractivity (Wildman–Crippen MR) is 118 cm³/mol. The fourth-order valence-corrected chi connectivity index (χ4v) is 5.29. The number of nitrogens with zero attached hydrogens (tertiary/aromatic N) is 3. The Hall–Kier alpha value is -3.68. The van der Waals surface area contributed by atoms with Crippen molar-refractivity contribution >= 4 is 54.6 Å². The molecule has 8 nitrogen and oxygen atoms in total. The molecule has 2 aromatic carbocycles. The van der Waals surface area contributed by atoms with Crippen LogP contribution in [0.4, 0.5) is 5.69 Å². The minimum Gasteiger partial charge on any atom is -0.486 e. The lowest BCUT2D eigenvalue weighted by Crippen LogP contribution is -2.17. The largest absolute Gasteiger partial charge is 0.486 e. The zero-order chi connectivity index (χ0) is 21.5. The SMILES string of the molecule is C#CCn1c(=NC(=O)c2cc3cc([N+](=O)[O-])ccc3s2)sc2cc3c(cc21)OCCO3. The van der Waals surface area contributed by atoms with Crippen molar-refractivity contribution in [2.45, 2.75) is 6.54 Å². The molecule has 0 atom stereocenters. The molecule has 0 radical (unpaired) electrons. The minimum absolute atomic E-state index is 0.0222. The van der Waals surface area contributed by atoms with E-state index in [2.05, 4.69) is 10.9 Å². The molecular formula is C21H13N3O5S2. The second kappa shape index (κ2) is 7.54. The topological polar surface area (TPSA) is 96.0 Å². The summed E-state index contributed by atoms with van der Waals surface area (Å²) in [6, 6.07) is 9.84. The van der Waals surface area contributed by atoms with Gasteiger partial charge in [0.15, 0.2) is 16.3 Å². The number of thiazole rings is 1. The Morgan fingerprint density at radius 1 is 1.16 bits per heavy atom. The van der Waals surface area contributed by atoms with Crippen molar-refractivity contribution in [3.05, 3.63) is 56.2 Å². The molecule has 0 unspecified atom stereocenters. The number of fused-ring (bicyclic) bond motifs is 3. The Morgan fingerprint density at radius 3 is 2.68 bits per heavy atom. The van der Waals surface area contributed by atoms with Gasteiger partial charge < -0.3 is 14.0 Å². The molecule has 0 bridgehead atoms. The standard InChI is InChI=1S/C21H13N3O5S2/c1-2-5-23-14-10-15-16(29-7-6-28-15)11-18(14)31-21(23)22-20(25)19-9-12-8-13(24(26)27)3-4-17(12)30-19/h1,3-4,8-11H,5-7H2. The molecule has 1 amide bonds. The van der Waals surface area contributed by atoms with Gasteiger partial charge in [0.05, 0.1) is 26.6 Å². The second-order valence-corrected chi connectivity index (χ2v) is 8.74. The van der Waals surface area contributed by atoms with Crippen molar-refractivity contribution in [3.63, 3.8) is 0 Å². The number of terminal acetylenes is 1. The summed E-state index contributed by atoms with van der Waals surface area (Å²) >= 11 is 2.57. The molecule has 10 heteroatoms. The van der Waals surface area contributed by atoms with Crippen LogP contribution in [0, 0.1) is 22.5 Å². The highest BCUT2D eigenvalue weighted by Gasteiger charge is 2.18. The highest BCUT2D eigenvalue weighted by Crippen LogP contribution is 2.35. The molecule has 154 valence electrons. The number of benzene rings is 2. The van der Waals surface area contributed by atoms with E-state index in [0.717, 1.165) is 14.9 Å². The zero-order valence-electron chi connectivity index (χ0n) is 15.9. The highest BCUT2D eigenvalue weighted by atomic mass is 32.1. The summed E-state index contributed by atoms with van der Waals surface area (Å²) in [5, 5.41) is 11.6. The van der Waals surface area contributed by atoms with E-state index in [0.29, 0.717) is 39.8 Å². The molecule has 0 saturated heterocycles. The monoisotopic (exact) mass is 451 g/mol. The molecule has 0 saturated carbocycles. The molecular weight excluding hydrogens is 438 g/mol. The van der Waals surface area contributed by atoms with E-state index in [4.69, 9.17) is 15.9 Å². The quantitative estimate of drug-likeness (QED) is 0.267. The van der Waals surface area contributed by atoms with Crippen LogP contribution in [0.15, 0.2) is 41.4 Å². The van der Waals surface area contributed by atoms with Gasteiger partial charge in [-0.05, 0) is 12.1 Å². The molecule has 31 heavy (non-hydrogen) atoms. The summed E-state index contributed by atoms with van der Waals surface area (Å²) in [5.74, 6) is 3.45. The summed E-state index contributed by atoms with van der Waals surface area (Å²) in [4.78, 5) is 28.6. The van der Waals surface area contributed by atoms with Gasteiger partial charge in [0, 0.05) is 34.4 Å². The average molecular weight is 451 g/mol. The fourth-order valence-electron chi connectivity index (χ4n) is 3.33. The number of thiophene rings is 1. The normalized spacial score (nSPS) is 13.5. The molecule has 0 fully saturated rings. The van der Waals surface area contributed by atoms with Crippen LogP contribution in [-0.2, 0) is 6.54 Å². The lowest BCUT2D eigenvalue weighted by molar-refractivity contribution is -0.384. The third-order valence-corrected chi connectivity index (χ3v) is 6.86. The van der Waals surface area contributed by atoms with Crippen molar-refractivity contribution < 1.29 is 19.2 Å². The van der Waals surface area contributed by atoms with Crippen molar-refractivity contribution in [2.24, 2.45) is 4.99 Å². The van der Waals surface area contributed by atoms with E-state index in [-0.39, 0.29) is 12.2 Å². The third-order valence-electron chi connectivity index (χ3n) is 4.71. The van der Waals surface area contributed by atoms with E-state index < -0.39 is 10.8 Å². The Morgan fingerprint density at radius 2 is 1.94 bits per heavy atom. The first-order valence-corrected chi connectivity index (χ1v) is 10.8. The van der Waals surface area contributed by atoms with Gasteiger partial charge in [-0.25, -0.2) is 0 Å². The molecule has 1 aliphatic heterocycles. The van der Waals surface area contributed by atoms with Gasteiger partial charge in [-0.3, -0.25) is 14.9 Å². The first kappa shape index (κ1) is 19.3. The maximum atomic E-state index is 12.9. The number of hydrogen-bond acceptors (Lipinski definition) is 7. The van der Waals surface area contributed by atoms with Gasteiger partial charge in [-0.15, -0.1) is 17.8 Å². The summed E-state index contributed by atoms with van der Waals surface area (Å²) in [5.41, 5.74) is 0.789. The van der Waals surface area contributed by atoms with Crippen LogP contribution in [0.2, 0.25) is 0 Å². The predicted octanol–water partition coefficient (Wildman–Crippen LogP) is 3.97. The number of carbonyl (C=O) groups excluding carboxylic acids is 1. The number of rotatable bonds is 3. The molecule has 1 aliphatic rings. The van der Waals surface area contributed by atoms with Gasteiger partial charge in [-0.2, -0.15) is 4.99 Å². The van der Waals surface area contributed by atoms with Crippen molar-refractivity contribution in [3.8, 4) is 23.8 Å². The summed E-state index contributed by atoms with van der Waals surface area (Å²) in [6.07, 6.45) is 5.55. The average Bonchev–Trinajstić information content (AvgIpc) is 3.33. The van der Waals surface area contributed by atoms with E-state index >= 15 is 0 Å².